The second-order valence-corrected chi connectivity index (χ2v) is 27.8. The van der Waals surface area contributed by atoms with E-state index in [0.717, 1.165) is 177 Å². The van der Waals surface area contributed by atoms with Crippen molar-refractivity contribution in [3.63, 3.8) is 0 Å². The summed E-state index contributed by atoms with van der Waals surface area (Å²) < 4.78 is 25.8. The van der Waals surface area contributed by atoms with Gasteiger partial charge in [-0.3, -0.25) is 0 Å². The third kappa shape index (κ3) is 8.99. The zero-order valence-electron chi connectivity index (χ0n) is 56.7. The van der Waals surface area contributed by atoms with Crippen molar-refractivity contribution in [3.05, 3.63) is 340 Å². The van der Waals surface area contributed by atoms with Crippen LogP contribution >= 0.6 is 0 Å². The highest BCUT2D eigenvalue weighted by molar-refractivity contribution is 6.15. The first-order valence-corrected chi connectivity index (χ1v) is 35.8. The minimum Gasteiger partial charge on any atom is -0.456 e. The molecule has 0 radical (unpaired) electrons. The number of fused-ring (bicyclic) bond motifs is 19. The van der Waals surface area contributed by atoms with Crippen LogP contribution in [0.15, 0.2) is 353 Å². The maximum absolute atomic E-state index is 6.22. The molecule has 0 saturated heterocycles. The molecule has 7 aromatic heterocycles. The van der Waals surface area contributed by atoms with Crippen LogP contribution in [0.3, 0.4) is 0 Å². The van der Waals surface area contributed by atoms with Crippen molar-refractivity contribution in [1.82, 2.24) is 28.7 Å². The number of rotatable bonds is 9. The van der Waals surface area contributed by atoms with Gasteiger partial charge in [-0.25, -0.2) is 15.0 Å². The first-order valence-electron chi connectivity index (χ1n) is 35.8. The van der Waals surface area contributed by atoms with Gasteiger partial charge in [0.05, 0.1) is 33.1 Å². The lowest BCUT2D eigenvalue weighted by Gasteiger charge is -2.13. The first kappa shape index (κ1) is 58.3. The quantitative estimate of drug-likeness (QED) is 0.143. The predicted molar refractivity (Wildman–Crippen MR) is 435 cm³/mol. The van der Waals surface area contributed by atoms with Gasteiger partial charge in [-0.05, 0) is 220 Å². The molecule has 0 aliphatic rings. The fourth-order valence-corrected chi connectivity index (χ4v) is 16.8. The largest absolute Gasteiger partial charge is 0.456 e. The van der Waals surface area contributed by atoms with Crippen molar-refractivity contribution < 1.29 is 13.3 Å². The molecule has 16 aromatic carbocycles. The Morgan fingerprint density at radius 2 is 0.434 bits per heavy atom. The molecule has 0 N–H and O–H groups in total. The predicted octanol–water partition coefficient (Wildman–Crippen LogP) is 26.0. The SMILES string of the molecule is c1ccc2c(c1)oc1ccc(-c3ccc4c(c3)c3ccccc3n4-c3ccc(-c4nc(-c5ccc(-n6c7ccccc7c7cc(-c8ccc9oc%10ccccc%10c9c8)ccc76)cc5)nc(-c5ccc6cc(-n7c8ccccc8c8cc(-c9ccc%10oc%11ccccc%11c%10c9)ccc87)ccc6c5)n4)cc3)cc12. The molecular formula is C97H56N6O3. The summed E-state index contributed by atoms with van der Waals surface area (Å²) in [7, 11) is 0. The zero-order valence-corrected chi connectivity index (χ0v) is 56.7. The van der Waals surface area contributed by atoms with E-state index >= 15 is 0 Å². The van der Waals surface area contributed by atoms with Gasteiger partial charge in [0.2, 0.25) is 0 Å². The highest BCUT2D eigenvalue weighted by atomic mass is 16.3. The Bertz CT molecular complexity index is 7360. The molecule has 106 heavy (non-hydrogen) atoms. The average Bonchev–Trinajstić information content (AvgIpc) is 1.59. The fraction of sp³-hybridized carbons (Fsp3) is 0. The first-order chi connectivity index (χ1) is 52.5. The Morgan fingerprint density at radius 3 is 0.830 bits per heavy atom. The second kappa shape index (κ2) is 22.5. The van der Waals surface area contributed by atoms with Crippen LogP contribution in [-0.2, 0) is 0 Å². The van der Waals surface area contributed by atoms with Crippen molar-refractivity contribution in [2.24, 2.45) is 0 Å². The van der Waals surface area contributed by atoms with Crippen LogP contribution in [0.4, 0.5) is 0 Å². The van der Waals surface area contributed by atoms with E-state index in [1.807, 2.05) is 36.4 Å². The van der Waals surface area contributed by atoms with Crippen molar-refractivity contribution in [2.75, 3.05) is 0 Å². The van der Waals surface area contributed by atoms with Gasteiger partial charge >= 0.3 is 0 Å². The maximum Gasteiger partial charge on any atom is 0.164 e. The van der Waals surface area contributed by atoms with Gasteiger partial charge in [-0.2, -0.15) is 0 Å². The second-order valence-electron chi connectivity index (χ2n) is 27.8. The van der Waals surface area contributed by atoms with Crippen LogP contribution in [-0.4, -0.2) is 28.7 Å². The third-order valence-corrected chi connectivity index (χ3v) is 21.9. The molecule has 0 bridgehead atoms. The molecule has 0 atom stereocenters. The molecule has 0 aliphatic heterocycles. The summed E-state index contributed by atoms with van der Waals surface area (Å²) in [6.07, 6.45) is 0. The number of aromatic nitrogens is 6. The Kier molecular flexibility index (Phi) is 12.4. The topological polar surface area (TPSA) is 92.9 Å². The van der Waals surface area contributed by atoms with E-state index in [-0.39, 0.29) is 0 Å². The summed E-state index contributed by atoms with van der Waals surface area (Å²) in [5.74, 6) is 1.72. The molecule has 9 nitrogen and oxygen atoms in total. The van der Waals surface area contributed by atoms with Gasteiger partial charge in [0.25, 0.3) is 0 Å². The van der Waals surface area contributed by atoms with Crippen molar-refractivity contribution in [3.8, 4) is 84.6 Å². The van der Waals surface area contributed by atoms with Gasteiger partial charge in [0.15, 0.2) is 17.5 Å². The van der Waals surface area contributed by atoms with E-state index in [0.29, 0.717) is 17.5 Å². The molecule has 7 heterocycles. The normalized spacial score (nSPS) is 12.2. The number of nitrogens with zero attached hydrogens (tertiary/aromatic N) is 6. The van der Waals surface area contributed by atoms with Gasteiger partial charge in [-0.15, -0.1) is 0 Å². The van der Waals surface area contributed by atoms with E-state index in [1.165, 1.54) is 32.3 Å². The molecule has 0 amide bonds. The Labute approximate surface area is 604 Å². The Morgan fingerprint density at radius 1 is 0.170 bits per heavy atom. The van der Waals surface area contributed by atoms with Crippen molar-refractivity contribution in [1.29, 1.82) is 0 Å². The lowest BCUT2D eigenvalue weighted by molar-refractivity contribution is 0.668. The van der Waals surface area contributed by atoms with Gasteiger partial charge in [0.1, 0.15) is 33.5 Å². The third-order valence-electron chi connectivity index (χ3n) is 21.9. The molecule has 23 aromatic rings. The summed E-state index contributed by atoms with van der Waals surface area (Å²) in [4.78, 5) is 16.1. The maximum atomic E-state index is 6.22. The fourth-order valence-electron chi connectivity index (χ4n) is 16.8. The molecule has 0 fully saturated rings. The molecule has 0 spiro atoms. The van der Waals surface area contributed by atoms with E-state index in [2.05, 4.69) is 317 Å². The van der Waals surface area contributed by atoms with E-state index < -0.39 is 0 Å². The number of furan rings is 3. The molecular weight excluding hydrogens is 1300 g/mol. The van der Waals surface area contributed by atoms with Crippen LogP contribution in [0.25, 0.3) is 227 Å². The van der Waals surface area contributed by atoms with Gasteiger partial charge in [-0.1, -0.05) is 164 Å². The van der Waals surface area contributed by atoms with Crippen LogP contribution < -0.4 is 0 Å². The van der Waals surface area contributed by atoms with Crippen LogP contribution in [0.5, 0.6) is 0 Å². The molecule has 9 heteroatoms. The van der Waals surface area contributed by atoms with Crippen LogP contribution in [0.2, 0.25) is 0 Å². The van der Waals surface area contributed by atoms with Gasteiger partial charge in [0, 0.05) is 98.4 Å². The number of hydrogen-bond acceptors (Lipinski definition) is 6. The minimum absolute atomic E-state index is 0.573. The molecule has 23 rings (SSSR count). The highest BCUT2D eigenvalue weighted by Gasteiger charge is 2.22. The lowest BCUT2D eigenvalue weighted by atomic mass is 10.0. The van der Waals surface area contributed by atoms with E-state index in [1.54, 1.807) is 0 Å². The monoisotopic (exact) mass is 1350 g/mol. The smallest absolute Gasteiger partial charge is 0.164 e. The number of para-hydroxylation sites is 6. The molecule has 0 unspecified atom stereocenters. The molecule has 0 aliphatic carbocycles. The number of benzene rings is 16. The Balaban J connectivity index is 0.621. The lowest BCUT2D eigenvalue weighted by Crippen LogP contribution is -2.01. The molecule has 492 valence electrons. The summed E-state index contributed by atoms with van der Waals surface area (Å²) >= 11 is 0. The number of hydrogen-bond donors (Lipinski definition) is 0. The summed E-state index contributed by atoms with van der Waals surface area (Å²) in [5.41, 5.74) is 24.7. The minimum atomic E-state index is 0.573. The van der Waals surface area contributed by atoms with Crippen molar-refractivity contribution in [2.45, 2.75) is 0 Å². The summed E-state index contributed by atoms with van der Waals surface area (Å²) in [6.45, 7) is 0. The highest BCUT2D eigenvalue weighted by Crippen LogP contribution is 2.43. The standard InChI is InChI=1S/C97H56N6O3/c1-7-19-83-71(13-1)77-51-61(64-35-46-92-80(54-64)74-16-4-10-22-89(74)104-92)32-43-86(77)101(83)68-38-27-57(28-39-68)95-98-96(58-29-40-69(41-30-58)102-84-20-8-2-14-72(84)78-52-62(33-44-87(78)102)65-36-47-93-81(55-65)75-17-5-11-23-90(75)105-93)100-97(99-95)67-26-25-60-50-70(42-31-59(60)49-67)103-85-21-9-3-15-73(85)79-53-63(34-45-88(79)103)66-37-48-94-82(56-66)76-18-6-12-24-91(76)106-94/h1-56H. The summed E-state index contributed by atoms with van der Waals surface area (Å²) in [6, 6.07) is 122. The summed E-state index contributed by atoms with van der Waals surface area (Å²) in [5, 5.41) is 16.0. The van der Waals surface area contributed by atoms with E-state index in [9.17, 15) is 0 Å². The van der Waals surface area contributed by atoms with E-state index in [4.69, 9.17) is 28.2 Å². The van der Waals surface area contributed by atoms with Gasteiger partial charge < -0.3 is 27.0 Å². The zero-order chi connectivity index (χ0) is 69.2. The average molecular weight is 1350 g/mol. The molecule has 0 saturated carbocycles. The van der Waals surface area contributed by atoms with Crippen molar-refractivity contribution >= 4 is 142 Å². The Hall–Kier alpha value is -14.4. The van der Waals surface area contributed by atoms with Crippen LogP contribution in [0, 0.1) is 0 Å². The van der Waals surface area contributed by atoms with Crippen LogP contribution in [0.1, 0.15) is 0 Å².